The summed E-state index contributed by atoms with van der Waals surface area (Å²) < 4.78 is 9.88. The highest BCUT2D eigenvalue weighted by atomic mass is 16.5. The molecule has 0 aromatic rings. The number of hydrogen-bond donors (Lipinski definition) is 1. The Balaban J connectivity index is 2.36. The molecule has 3 atom stereocenters. The van der Waals surface area contributed by atoms with Crippen LogP contribution < -0.4 is 0 Å². The van der Waals surface area contributed by atoms with Crippen molar-refractivity contribution in [3.05, 3.63) is 0 Å². The Morgan fingerprint density at radius 1 is 1.12 bits per heavy atom. The predicted octanol–water partition coefficient (Wildman–Crippen LogP) is 0.890. The molecule has 0 bridgehead atoms. The molecule has 98 valence electrons. The van der Waals surface area contributed by atoms with E-state index >= 15 is 0 Å². The number of hydrogen-bond acceptors (Lipinski definition) is 5. The van der Waals surface area contributed by atoms with E-state index in [9.17, 15) is 14.7 Å². The maximum absolute atomic E-state index is 10.7. The third kappa shape index (κ3) is 5.17. The van der Waals surface area contributed by atoms with Crippen LogP contribution in [-0.4, -0.2) is 36.4 Å². The normalized spacial score (nSPS) is 28.5. The average Bonchev–Trinajstić information content (AvgIpc) is 2.26. The first-order chi connectivity index (χ1) is 7.99. The number of aliphatic hydroxyl groups is 1. The number of carbonyl (C=O) groups is 2. The van der Waals surface area contributed by atoms with Gasteiger partial charge in [-0.05, 0) is 25.2 Å². The fourth-order valence-corrected chi connectivity index (χ4v) is 2.14. The Bertz CT molecular complexity index is 276. The van der Waals surface area contributed by atoms with E-state index < -0.39 is 6.10 Å². The molecule has 0 saturated heterocycles. The van der Waals surface area contributed by atoms with E-state index in [1.165, 1.54) is 13.8 Å². The second-order valence-corrected chi connectivity index (χ2v) is 4.61. The van der Waals surface area contributed by atoms with E-state index in [4.69, 9.17) is 9.47 Å². The summed E-state index contributed by atoms with van der Waals surface area (Å²) in [5.74, 6) is -0.414. The van der Waals surface area contributed by atoms with E-state index in [2.05, 4.69) is 0 Å². The molecule has 5 heteroatoms. The average molecular weight is 244 g/mol. The molecule has 0 amide bonds. The van der Waals surface area contributed by atoms with Gasteiger partial charge in [-0.1, -0.05) is 0 Å². The van der Waals surface area contributed by atoms with Gasteiger partial charge >= 0.3 is 11.9 Å². The van der Waals surface area contributed by atoms with Crippen molar-refractivity contribution in [1.29, 1.82) is 0 Å². The van der Waals surface area contributed by atoms with Crippen molar-refractivity contribution in [3.63, 3.8) is 0 Å². The Hall–Kier alpha value is -1.10. The number of rotatable bonds is 4. The number of aliphatic hydroxyl groups excluding tert-OH is 1. The number of ether oxygens (including phenoxy) is 2. The van der Waals surface area contributed by atoms with Crippen molar-refractivity contribution in [1.82, 2.24) is 0 Å². The molecular weight excluding hydrogens is 224 g/mol. The van der Waals surface area contributed by atoms with Crippen LogP contribution in [0, 0.1) is 11.8 Å². The third-order valence-electron chi connectivity index (χ3n) is 3.07. The molecule has 0 heterocycles. The fourth-order valence-electron chi connectivity index (χ4n) is 2.14. The summed E-state index contributed by atoms with van der Waals surface area (Å²) in [6, 6.07) is 0. The summed E-state index contributed by atoms with van der Waals surface area (Å²) >= 11 is 0. The first-order valence-electron chi connectivity index (χ1n) is 5.93. The second kappa shape index (κ2) is 6.59. The fraction of sp³-hybridized carbons (Fsp3) is 0.833. The lowest BCUT2D eigenvalue weighted by molar-refractivity contribution is -0.145. The molecule has 1 fully saturated rings. The second-order valence-electron chi connectivity index (χ2n) is 4.61. The van der Waals surface area contributed by atoms with Crippen LogP contribution in [-0.2, 0) is 19.1 Å². The summed E-state index contributed by atoms with van der Waals surface area (Å²) in [7, 11) is 0. The van der Waals surface area contributed by atoms with Gasteiger partial charge in [-0.3, -0.25) is 9.59 Å². The minimum atomic E-state index is -0.428. The first kappa shape index (κ1) is 14.0. The van der Waals surface area contributed by atoms with E-state index in [0.717, 1.165) is 12.8 Å². The van der Waals surface area contributed by atoms with Gasteiger partial charge in [0.1, 0.15) is 0 Å². The van der Waals surface area contributed by atoms with Crippen molar-refractivity contribution in [2.45, 2.75) is 39.2 Å². The van der Waals surface area contributed by atoms with Crippen molar-refractivity contribution in [2.24, 2.45) is 11.8 Å². The third-order valence-corrected chi connectivity index (χ3v) is 3.07. The van der Waals surface area contributed by atoms with E-state index in [-0.39, 0.29) is 30.4 Å². The van der Waals surface area contributed by atoms with E-state index in [0.29, 0.717) is 13.0 Å². The van der Waals surface area contributed by atoms with Crippen molar-refractivity contribution in [2.75, 3.05) is 13.2 Å². The topological polar surface area (TPSA) is 72.8 Å². The minimum Gasteiger partial charge on any atom is -0.466 e. The molecule has 0 spiro atoms. The zero-order valence-electron chi connectivity index (χ0n) is 10.3. The zero-order chi connectivity index (χ0) is 12.8. The SMILES string of the molecule is CC(=O)OCC1CCC(O)C(COC(C)=O)C1. The van der Waals surface area contributed by atoms with Gasteiger partial charge in [0.05, 0.1) is 19.3 Å². The number of esters is 2. The van der Waals surface area contributed by atoms with Crippen molar-refractivity contribution >= 4 is 11.9 Å². The van der Waals surface area contributed by atoms with Crippen LogP contribution in [0.25, 0.3) is 0 Å². The molecule has 17 heavy (non-hydrogen) atoms. The quantitative estimate of drug-likeness (QED) is 0.743. The molecule has 0 radical (unpaired) electrons. The van der Waals surface area contributed by atoms with Gasteiger partial charge in [0, 0.05) is 19.8 Å². The Morgan fingerprint density at radius 3 is 2.29 bits per heavy atom. The van der Waals surface area contributed by atoms with Gasteiger partial charge in [0.25, 0.3) is 0 Å². The summed E-state index contributed by atoms with van der Waals surface area (Å²) in [5.41, 5.74) is 0. The molecule has 0 aromatic carbocycles. The van der Waals surface area contributed by atoms with Crippen LogP contribution in [0.4, 0.5) is 0 Å². The van der Waals surface area contributed by atoms with Crippen molar-refractivity contribution in [3.8, 4) is 0 Å². The molecule has 1 saturated carbocycles. The van der Waals surface area contributed by atoms with Crippen LogP contribution in [0.15, 0.2) is 0 Å². The summed E-state index contributed by atoms with van der Waals surface area (Å²) in [6.45, 7) is 3.37. The summed E-state index contributed by atoms with van der Waals surface area (Å²) in [5, 5.41) is 9.78. The molecule has 1 rings (SSSR count). The Kier molecular flexibility index (Phi) is 5.41. The predicted molar refractivity (Wildman–Crippen MR) is 60.1 cm³/mol. The van der Waals surface area contributed by atoms with Gasteiger partial charge in [-0.2, -0.15) is 0 Å². The molecule has 1 aliphatic rings. The molecule has 5 nitrogen and oxygen atoms in total. The lowest BCUT2D eigenvalue weighted by Crippen LogP contribution is -2.34. The lowest BCUT2D eigenvalue weighted by atomic mass is 9.80. The smallest absolute Gasteiger partial charge is 0.302 e. The van der Waals surface area contributed by atoms with Gasteiger partial charge in [-0.15, -0.1) is 0 Å². The summed E-state index contributed by atoms with van der Waals surface area (Å²) in [6.07, 6.45) is 1.80. The highest BCUT2D eigenvalue weighted by Crippen LogP contribution is 2.29. The minimum absolute atomic E-state index is 0.0480. The summed E-state index contributed by atoms with van der Waals surface area (Å²) in [4.78, 5) is 21.4. The van der Waals surface area contributed by atoms with Crippen molar-refractivity contribution < 1.29 is 24.2 Å². The van der Waals surface area contributed by atoms with E-state index in [1.807, 2.05) is 0 Å². The van der Waals surface area contributed by atoms with Crippen LogP contribution in [0.3, 0.4) is 0 Å². The maximum atomic E-state index is 10.7. The van der Waals surface area contributed by atoms with Crippen LogP contribution in [0.2, 0.25) is 0 Å². The number of carbonyl (C=O) groups excluding carboxylic acids is 2. The standard InChI is InChI=1S/C12H20O5/c1-8(13)16-6-10-3-4-12(15)11(5-10)7-17-9(2)14/h10-12,15H,3-7H2,1-2H3. The first-order valence-corrected chi connectivity index (χ1v) is 5.93. The molecule has 3 unspecified atom stereocenters. The largest absolute Gasteiger partial charge is 0.466 e. The monoisotopic (exact) mass is 244 g/mol. The van der Waals surface area contributed by atoms with Crippen LogP contribution in [0.5, 0.6) is 0 Å². The van der Waals surface area contributed by atoms with E-state index in [1.54, 1.807) is 0 Å². The molecule has 0 aromatic heterocycles. The van der Waals surface area contributed by atoms with Crippen LogP contribution in [0.1, 0.15) is 33.1 Å². The molecular formula is C12H20O5. The highest BCUT2D eigenvalue weighted by Gasteiger charge is 2.30. The Labute approximate surface area is 101 Å². The zero-order valence-corrected chi connectivity index (χ0v) is 10.3. The van der Waals surface area contributed by atoms with Crippen LogP contribution >= 0.6 is 0 Å². The maximum Gasteiger partial charge on any atom is 0.302 e. The Morgan fingerprint density at radius 2 is 1.71 bits per heavy atom. The highest BCUT2D eigenvalue weighted by molar-refractivity contribution is 5.66. The molecule has 1 N–H and O–H groups in total. The van der Waals surface area contributed by atoms with Gasteiger partial charge in [-0.25, -0.2) is 0 Å². The molecule has 0 aliphatic heterocycles. The van der Waals surface area contributed by atoms with Gasteiger partial charge in [0.15, 0.2) is 0 Å². The van der Waals surface area contributed by atoms with Gasteiger partial charge in [0.2, 0.25) is 0 Å². The van der Waals surface area contributed by atoms with Gasteiger partial charge < -0.3 is 14.6 Å². The molecule has 1 aliphatic carbocycles. The lowest BCUT2D eigenvalue weighted by Gasteiger charge is -2.32.